The Bertz CT molecular complexity index is 1040. The predicted molar refractivity (Wildman–Crippen MR) is 101 cm³/mol. The Morgan fingerprint density at radius 3 is 2.96 bits per heavy atom. The number of benzene rings is 1. The van der Waals surface area contributed by atoms with Crippen molar-refractivity contribution in [3.05, 3.63) is 46.8 Å². The van der Waals surface area contributed by atoms with E-state index in [0.717, 1.165) is 37.0 Å². The van der Waals surface area contributed by atoms with E-state index in [2.05, 4.69) is 41.8 Å². The van der Waals surface area contributed by atoms with E-state index in [0.29, 0.717) is 12.1 Å². The van der Waals surface area contributed by atoms with Gasteiger partial charge in [0, 0.05) is 5.56 Å². The highest BCUT2D eigenvalue weighted by molar-refractivity contribution is 6.03. The van der Waals surface area contributed by atoms with Crippen molar-refractivity contribution >= 4 is 17.4 Å². The molecule has 0 atom stereocenters. The van der Waals surface area contributed by atoms with Gasteiger partial charge >= 0.3 is 0 Å². The minimum absolute atomic E-state index is 0.0771. The van der Waals surface area contributed by atoms with E-state index in [-0.39, 0.29) is 17.3 Å². The van der Waals surface area contributed by atoms with Gasteiger partial charge in [-0.2, -0.15) is 9.78 Å². The van der Waals surface area contributed by atoms with Crippen LogP contribution >= 0.6 is 0 Å². The third kappa shape index (κ3) is 3.24. The Morgan fingerprint density at radius 1 is 1.32 bits per heavy atom. The molecule has 0 saturated heterocycles. The number of hydrazone groups is 1. The van der Waals surface area contributed by atoms with Gasteiger partial charge in [-0.1, -0.05) is 42.8 Å². The zero-order valence-corrected chi connectivity index (χ0v) is 15.4. The fourth-order valence-corrected chi connectivity index (χ4v) is 3.34. The number of nitrogens with two attached hydrogens (primary N) is 1. The summed E-state index contributed by atoms with van der Waals surface area (Å²) < 4.78 is 6.01. The molecule has 0 radical (unpaired) electrons. The molecule has 28 heavy (non-hydrogen) atoms. The van der Waals surface area contributed by atoms with E-state index in [9.17, 15) is 4.79 Å². The summed E-state index contributed by atoms with van der Waals surface area (Å²) in [5.74, 6) is -0.143. The van der Waals surface area contributed by atoms with Crippen molar-refractivity contribution in [2.24, 2.45) is 5.10 Å². The van der Waals surface area contributed by atoms with Gasteiger partial charge in [-0.05, 0) is 41.6 Å². The van der Waals surface area contributed by atoms with Gasteiger partial charge in [0.25, 0.3) is 5.91 Å². The molecule has 10 nitrogen and oxygen atoms in total. The summed E-state index contributed by atoms with van der Waals surface area (Å²) in [4.78, 5) is 12.7. The lowest BCUT2D eigenvalue weighted by molar-refractivity contribution is 0.0948. The lowest BCUT2D eigenvalue weighted by Gasteiger charge is -2.17. The highest BCUT2D eigenvalue weighted by atomic mass is 16.6. The summed E-state index contributed by atoms with van der Waals surface area (Å²) >= 11 is 0. The highest BCUT2D eigenvalue weighted by Crippen LogP contribution is 2.21. The number of aryl methyl sites for hydroxylation is 1. The normalized spacial score (nSPS) is 14.8. The molecule has 1 aliphatic rings. The summed E-state index contributed by atoms with van der Waals surface area (Å²) in [7, 11) is 0. The summed E-state index contributed by atoms with van der Waals surface area (Å²) in [6.07, 6.45) is 4.17. The summed E-state index contributed by atoms with van der Waals surface area (Å²) in [6.45, 7) is 1.99. The van der Waals surface area contributed by atoms with Crippen molar-refractivity contribution in [1.29, 1.82) is 0 Å². The van der Waals surface area contributed by atoms with Gasteiger partial charge in [0.15, 0.2) is 5.69 Å². The molecule has 3 aromatic rings. The molecule has 1 aliphatic carbocycles. The summed E-state index contributed by atoms with van der Waals surface area (Å²) in [5, 5.41) is 19.7. The zero-order chi connectivity index (χ0) is 19.5. The Morgan fingerprint density at radius 2 is 2.18 bits per heavy atom. The molecule has 10 heteroatoms. The molecular weight excluding hydrogens is 360 g/mol. The number of carbonyl (C=O) groups excluding carboxylic acids is 1. The molecule has 0 aliphatic heterocycles. The molecule has 1 amide bonds. The Balaban J connectivity index is 1.61. The van der Waals surface area contributed by atoms with Crippen LogP contribution < -0.4 is 11.2 Å². The molecule has 0 unspecified atom stereocenters. The first-order chi connectivity index (χ1) is 13.7. The second-order valence-electron chi connectivity index (χ2n) is 6.53. The first kappa shape index (κ1) is 17.8. The van der Waals surface area contributed by atoms with Crippen LogP contribution in [0.2, 0.25) is 0 Å². The molecule has 2 heterocycles. The quantitative estimate of drug-likeness (QED) is 0.642. The van der Waals surface area contributed by atoms with E-state index < -0.39 is 5.91 Å². The van der Waals surface area contributed by atoms with Crippen molar-refractivity contribution in [3.63, 3.8) is 0 Å². The van der Waals surface area contributed by atoms with Crippen LogP contribution in [-0.2, 0) is 12.8 Å². The van der Waals surface area contributed by atoms with Gasteiger partial charge in [-0.3, -0.25) is 4.79 Å². The molecule has 0 fully saturated rings. The average Bonchev–Trinajstić information content (AvgIpc) is 3.32. The number of nitrogens with one attached hydrogen (secondary N) is 1. The van der Waals surface area contributed by atoms with Gasteiger partial charge in [0.2, 0.25) is 11.6 Å². The van der Waals surface area contributed by atoms with Gasteiger partial charge in [-0.15, -0.1) is 5.10 Å². The number of fused-ring (bicyclic) bond motifs is 1. The number of hydrogen-bond donors (Lipinski definition) is 2. The standard InChI is InChI=1S/C18H20N8O2/c1-2-6-14-15(21-25-26(14)17-16(19)23-28-24-17)18(27)22-20-13-10-5-8-11-7-3-4-9-12(11)13/h3-4,7,9H,2,5-6,8,10H2,1H3,(H2,19,23)(H,22,27). The van der Waals surface area contributed by atoms with Crippen LogP contribution in [0.15, 0.2) is 34.0 Å². The largest absolute Gasteiger partial charge is 0.378 e. The van der Waals surface area contributed by atoms with E-state index in [1.165, 1.54) is 10.2 Å². The zero-order valence-electron chi connectivity index (χ0n) is 15.4. The Hall–Kier alpha value is -3.56. The maximum absolute atomic E-state index is 12.7. The van der Waals surface area contributed by atoms with Gasteiger partial charge in [0.1, 0.15) is 0 Å². The second-order valence-corrected chi connectivity index (χ2v) is 6.53. The summed E-state index contributed by atoms with van der Waals surface area (Å²) in [5.41, 5.74) is 12.3. The smallest absolute Gasteiger partial charge is 0.293 e. The third-order valence-electron chi connectivity index (χ3n) is 4.64. The third-order valence-corrected chi connectivity index (χ3v) is 4.64. The first-order valence-corrected chi connectivity index (χ1v) is 9.17. The van der Waals surface area contributed by atoms with Crippen molar-refractivity contribution < 1.29 is 9.42 Å². The highest BCUT2D eigenvalue weighted by Gasteiger charge is 2.23. The Kier molecular flexibility index (Phi) is 4.83. The van der Waals surface area contributed by atoms with Gasteiger partial charge in [0.05, 0.1) is 11.4 Å². The molecule has 4 rings (SSSR count). The molecule has 3 N–H and O–H groups in total. The fraction of sp³-hybridized carbons (Fsp3) is 0.333. The van der Waals surface area contributed by atoms with E-state index >= 15 is 0 Å². The van der Waals surface area contributed by atoms with E-state index in [1.54, 1.807) is 0 Å². The maximum atomic E-state index is 12.7. The van der Waals surface area contributed by atoms with E-state index in [1.807, 2.05) is 25.1 Å². The predicted octanol–water partition coefficient (Wildman–Crippen LogP) is 1.66. The SMILES string of the molecule is CCCc1c(C(=O)NN=C2CCCc3ccccc32)nnn1-c1nonc1N. The number of nitrogens with zero attached hydrogens (tertiary/aromatic N) is 6. The second kappa shape index (κ2) is 7.59. The van der Waals surface area contributed by atoms with E-state index in [4.69, 9.17) is 5.73 Å². The number of rotatable bonds is 5. The molecule has 0 saturated carbocycles. The first-order valence-electron chi connectivity index (χ1n) is 9.17. The molecule has 144 valence electrons. The van der Waals surface area contributed by atoms with Crippen LogP contribution in [0.3, 0.4) is 0 Å². The van der Waals surface area contributed by atoms with Crippen LogP contribution in [0.25, 0.3) is 5.82 Å². The van der Waals surface area contributed by atoms with Crippen LogP contribution in [0.5, 0.6) is 0 Å². The fourth-order valence-electron chi connectivity index (χ4n) is 3.34. The number of nitrogen functional groups attached to an aromatic ring is 1. The number of amides is 1. The Labute approximate surface area is 160 Å². The maximum Gasteiger partial charge on any atom is 0.293 e. The molecular formula is C18H20N8O2. The topological polar surface area (TPSA) is 137 Å². The minimum Gasteiger partial charge on any atom is -0.378 e. The summed E-state index contributed by atoms with van der Waals surface area (Å²) in [6, 6.07) is 8.11. The van der Waals surface area contributed by atoms with Crippen molar-refractivity contribution in [2.75, 3.05) is 5.73 Å². The van der Waals surface area contributed by atoms with Crippen molar-refractivity contribution in [1.82, 2.24) is 30.7 Å². The average molecular weight is 380 g/mol. The number of anilines is 1. The molecule has 0 bridgehead atoms. The molecule has 1 aromatic carbocycles. The molecule has 2 aromatic heterocycles. The lowest BCUT2D eigenvalue weighted by Crippen LogP contribution is -2.23. The van der Waals surface area contributed by atoms with Crippen LogP contribution in [-0.4, -0.2) is 36.9 Å². The van der Waals surface area contributed by atoms with Crippen molar-refractivity contribution in [2.45, 2.75) is 39.0 Å². The van der Waals surface area contributed by atoms with Gasteiger partial charge in [-0.25, -0.2) is 10.1 Å². The molecule has 0 spiro atoms. The van der Waals surface area contributed by atoms with Crippen molar-refractivity contribution in [3.8, 4) is 5.82 Å². The van der Waals surface area contributed by atoms with Crippen LogP contribution in [0, 0.1) is 0 Å². The van der Waals surface area contributed by atoms with Crippen LogP contribution in [0.1, 0.15) is 53.5 Å². The lowest BCUT2D eigenvalue weighted by atomic mass is 9.90. The minimum atomic E-state index is -0.430. The number of carbonyl (C=O) groups is 1. The van der Waals surface area contributed by atoms with Gasteiger partial charge < -0.3 is 5.73 Å². The monoisotopic (exact) mass is 380 g/mol. The number of hydrogen-bond acceptors (Lipinski definition) is 8. The van der Waals surface area contributed by atoms with Crippen LogP contribution in [0.4, 0.5) is 5.82 Å². The number of aromatic nitrogens is 5.